The van der Waals surface area contributed by atoms with Crippen molar-refractivity contribution in [2.45, 2.75) is 41.5 Å². The molecule has 68 heavy (non-hydrogen) atoms. The van der Waals surface area contributed by atoms with E-state index in [1.807, 2.05) is 78.9 Å². The molecule has 11 rings (SSSR count). The van der Waals surface area contributed by atoms with Gasteiger partial charge in [0.2, 0.25) is 6.71 Å². The molecular weight excluding hydrogens is 829 g/mol. The van der Waals surface area contributed by atoms with E-state index in [0.29, 0.717) is 11.4 Å². The van der Waals surface area contributed by atoms with Crippen LogP contribution in [0.25, 0.3) is 55.3 Å². The lowest BCUT2D eigenvalue weighted by Crippen LogP contribution is -2.56. The van der Waals surface area contributed by atoms with E-state index in [2.05, 4.69) is 162 Å². The van der Waals surface area contributed by atoms with E-state index in [1.54, 1.807) is 6.07 Å². The molecule has 0 aliphatic carbocycles. The van der Waals surface area contributed by atoms with Gasteiger partial charge in [-0.15, -0.1) is 0 Å². The highest BCUT2D eigenvalue weighted by Crippen LogP contribution is 2.52. The number of halogens is 1. The van der Waals surface area contributed by atoms with Crippen molar-refractivity contribution in [1.29, 1.82) is 0 Å². The van der Waals surface area contributed by atoms with E-state index >= 15 is 4.39 Å². The van der Waals surface area contributed by atoms with Gasteiger partial charge in [-0.25, -0.2) is 4.39 Å². The van der Waals surface area contributed by atoms with Crippen molar-refractivity contribution in [1.82, 2.24) is 0 Å². The molecule has 1 aliphatic rings. The van der Waals surface area contributed by atoms with Gasteiger partial charge in [0.1, 0.15) is 17.3 Å². The highest BCUT2D eigenvalue weighted by molar-refractivity contribution is 6.98. The van der Waals surface area contributed by atoms with Crippen LogP contribution in [-0.2, 0) is 0 Å². The van der Waals surface area contributed by atoms with E-state index in [-0.39, 0.29) is 12.5 Å². The largest absolute Gasteiger partial charge is 0.456 e. The van der Waals surface area contributed by atoms with Gasteiger partial charge in [0.25, 0.3) is 0 Å². The van der Waals surface area contributed by atoms with E-state index < -0.39 is 0 Å². The molecule has 10 aromatic carbocycles. The number of fused-ring (bicyclic) bond motifs is 2. The molecule has 0 saturated carbocycles. The molecule has 0 saturated heterocycles. The molecule has 0 amide bonds. The monoisotopic (exact) mass is 879 g/mol. The van der Waals surface area contributed by atoms with Gasteiger partial charge in [-0.3, -0.25) is 0 Å². The molecule has 0 spiro atoms. The molecular formula is C64H51BFNO. The van der Waals surface area contributed by atoms with Gasteiger partial charge in [-0.1, -0.05) is 207 Å². The van der Waals surface area contributed by atoms with Crippen molar-refractivity contribution < 1.29 is 9.13 Å². The van der Waals surface area contributed by atoms with E-state index in [1.165, 1.54) is 55.2 Å². The molecule has 0 atom stereocenters. The summed E-state index contributed by atoms with van der Waals surface area (Å²) >= 11 is 0. The van der Waals surface area contributed by atoms with Gasteiger partial charge < -0.3 is 9.64 Å². The molecule has 0 bridgehead atoms. The standard InChI is InChI=1S/C64H51BFNO/c1-40-33-42(3)62(43(4)34-40)65(63-44(5)35-41(2)36-45(63)6)56-32-31-53-52-30-29-50(39-60(52)68-59-28-18-26-54(56)61(53)59)67(58-27-17-16-25-51(58)47-21-12-8-13-22-47)64-55(48-23-14-9-15-24-48)37-49(38-57(64)66)46-19-10-7-11-20-46/h7-39H,1-6H3. The van der Waals surface area contributed by atoms with Crippen molar-refractivity contribution in [2.75, 3.05) is 4.90 Å². The second kappa shape index (κ2) is 17.4. The van der Waals surface area contributed by atoms with Crippen molar-refractivity contribution >= 4 is 50.9 Å². The molecule has 4 heteroatoms. The highest BCUT2D eigenvalue weighted by Gasteiger charge is 2.33. The summed E-state index contributed by atoms with van der Waals surface area (Å²) in [4.78, 5) is 2.08. The molecule has 2 nitrogen and oxygen atoms in total. The van der Waals surface area contributed by atoms with Gasteiger partial charge in [-0.2, -0.15) is 0 Å². The lowest BCUT2D eigenvalue weighted by Gasteiger charge is -2.32. The van der Waals surface area contributed by atoms with Crippen molar-refractivity contribution in [3.63, 3.8) is 0 Å². The fraction of sp³-hybridized carbons (Fsp3) is 0.0938. The number of anilines is 3. The minimum Gasteiger partial charge on any atom is -0.456 e. The Morgan fingerprint density at radius 1 is 0.412 bits per heavy atom. The topological polar surface area (TPSA) is 12.5 Å². The van der Waals surface area contributed by atoms with E-state index in [0.717, 1.165) is 67.0 Å². The molecule has 0 aromatic heterocycles. The van der Waals surface area contributed by atoms with Crippen LogP contribution in [0.3, 0.4) is 0 Å². The maximum Gasteiger partial charge on any atom is 0.243 e. The van der Waals surface area contributed by atoms with Crippen LogP contribution in [0, 0.1) is 47.4 Å². The van der Waals surface area contributed by atoms with Gasteiger partial charge in [-0.05, 0) is 111 Å². The van der Waals surface area contributed by atoms with Gasteiger partial charge in [0.05, 0.1) is 17.1 Å². The Labute approximate surface area is 400 Å². The first-order chi connectivity index (χ1) is 33.1. The lowest BCUT2D eigenvalue weighted by molar-refractivity contribution is 0.487. The maximum absolute atomic E-state index is 17.7. The Balaban J connectivity index is 1.12. The van der Waals surface area contributed by atoms with Crippen LogP contribution in [0.15, 0.2) is 200 Å². The third kappa shape index (κ3) is 7.47. The second-order valence-corrected chi connectivity index (χ2v) is 18.5. The summed E-state index contributed by atoms with van der Waals surface area (Å²) < 4.78 is 24.8. The number of ether oxygens (including phenoxy) is 1. The summed E-state index contributed by atoms with van der Waals surface area (Å²) in [5, 5.41) is 2.27. The van der Waals surface area contributed by atoms with Gasteiger partial charge >= 0.3 is 0 Å². The van der Waals surface area contributed by atoms with E-state index in [9.17, 15) is 0 Å². The predicted molar refractivity (Wildman–Crippen MR) is 286 cm³/mol. The van der Waals surface area contributed by atoms with E-state index in [4.69, 9.17) is 4.74 Å². The molecule has 1 heterocycles. The zero-order valence-electron chi connectivity index (χ0n) is 39.4. The molecule has 0 unspecified atom stereocenters. The average molecular weight is 880 g/mol. The molecule has 0 N–H and O–H groups in total. The van der Waals surface area contributed by atoms with Crippen LogP contribution in [0.5, 0.6) is 11.5 Å². The van der Waals surface area contributed by atoms with Crippen LogP contribution < -0.4 is 26.0 Å². The highest BCUT2D eigenvalue weighted by atomic mass is 19.1. The SMILES string of the molecule is Cc1cc(C)c(B(c2c(C)cc(C)cc2C)c2ccc3c4c(cccc24)Oc2cc(N(c4ccccc4-c4ccccc4)c4c(F)cc(-c5ccccc5)cc4-c4ccccc4)ccc2-3)c(C)c1. The minimum absolute atomic E-state index is 0.00417. The maximum atomic E-state index is 17.7. The average Bonchev–Trinajstić information content (AvgIpc) is 3.34. The molecule has 328 valence electrons. The first-order valence-corrected chi connectivity index (χ1v) is 23.6. The summed E-state index contributed by atoms with van der Waals surface area (Å²) in [6.07, 6.45) is 0. The number of para-hydroxylation sites is 1. The van der Waals surface area contributed by atoms with Gasteiger partial charge in [0, 0.05) is 28.1 Å². The number of benzene rings is 10. The predicted octanol–water partition coefficient (Wildman–Crippen LogP) is 15.6. The number of nitrogens with zero attached hydrogens (tertiary/aromatic N) is 1. The van der Waals surface area contributed by atoms with Crippen LogP contribution >= 0.6 is 0 Å². The summed E-state index contributed by atoms with van der Waals surface area (Å²) in [5.41, 5.74) is 21.3. The van der Waals surface area contributed by atoms with Crippen molar-refractivity contribution in [2.24, 2.45) is 0 Å². The summed E-state index contributed by atoms with van der Waals surface area (Å²) in [5.74, 6) is 1.19. The molecule has 0 radical (unpaired) electrons. The minimum atomic E-state index is -0.331. The molecule has 10 aromatic rings. The Morgan fingerprint density at radius 2 is 0.956 bits per heavy atom. The Morgan fingerprint density at radius 3 is 1.57 bits per heavy atom. The Hall–Kier alpha value is -7.95. The number of hydrogen-bond acceptors (Lipinski definition) is 2. The van der Waals surface area contributed by atoms with Gasteiger partial charge in [0.15, 0.2) is 0 Å². The second-order valence-electron chi connectivity index (χ2n) is 18.5. The summed E-state index contributed by atoms with van der Waals surface area (Å²) in [7, 11) is 0. The quantitative estimate of drug-likeness (QED) is 0.134. The summed E-state index contributed by atoms with van der Waals surface area (Å²) in [6.45, 7) is 13.4. The molecule has 1 aliphatic heterocycles. The van der Waals surface area contributed by atoms with Crippen LogP contribution in [-0.4, -0.2) is 6.71 Å². The first kappa shape index (κ1) is 42.7. The Bertz CT molecular complexity index is 3460. The number of rotatable bonds is 9. The van der Waals surface area contributed by atoms with Crippen molar-refractivity contribution in [3.8, 4) is 56.0 Å². The van der Waals surface area contributed by atoms with Crippen LogP contribution in [0.2, 0.25) is 0 Å². The zero-order chi connectivity index (χ0) is 46.6. The molecule has 0 fully saturated rings. The normalized spacial score (nSPS) is 11.6. The Kier molecular flexibility index (Phi) is 10.9. The van der Waals surface area contributed by atoms with Crippen molar-refractivity contribution in [3.05, 3.63) is 239 Å². The first-order valence-electron chi connectivity index (χ1n) is 23.6. The third-order valence-electron chi connectivity index (χ3n) is 13.8. The fourth-order valence-electron chi connectivity index (χ4n) is 11.2. The van der Waals surface area contributed by atoms with Crippen LogP contribution in [0.1, 0.15) is 33.4 Å². The fourth-order valence-corrected chi connectivity index (χ4v) is 11.2. The smallest absolute Gasteiger partial charge is 0.243 e. The third-order valence-corrected chi connectivity index (χ3v) is 13.8. The summed E-state index contributed by atoms with van der Waals surface area (Å²) in [6, 6.07) is 69.4. The lowest BCUT2D eigenvalue weighted by atomic mass is 9.33. The number of aryl methyl sites for hydroxylation is 6. The van der Waals surface area contributed by atoms with Crippen LogP contribution in [0.4, 0.5) is 21.5 Å². The zero-order valence-corrected chi connectivity index (χ0v) is 39.4. The number of hydrogen-bond donors (Lipinski definition) is 0.